The van der Waals surface area contributed by atoms with Crippen molar-refractivity contribution in [2.45, 2.75) is 4.90 Å². The molecule has 0 heterocycles. The summed E-state index contributed by atoms with van der Waals surface area (Å²) in [6, 6.07) is 21.2. The molecule has 0 aliphatic heterocycles. The summed E-state index contributed by atoms with van der Waals surface area (Å²) in [7, 11) is 1.59. The van der Waals surface area contributed by atoms with Gasteiger partial charge in [0.15, 0.2) is 0 Å². The molecular weight excluding hydrogens is 408 g/mol. The normalized spacial score (nSPS) is 10.3. The molecule has 5 nitrogen and oxygen atoms in total. The molecule has 0 aliphatic carbocycles. The van der Waals surface area contributed by atoms with Gasteiger partial charge in [-0.05, 0) is 48.5 Å². The Morgan fingerprint density at radius 1 is 0.931 bits per heavy atom. The van der Waals surface area contributed by atoms with Gasteiger partial charge in [0.1, 0.15) is 5.75 Å². The number of carbonyl (C=O) groups is 2. The van der Waals surface area contributed by atoms with Crippen LogP contribution in [0, 0.1) is 0 Å². The zero-order chi connectivity index (χ0) is 20.6. The Balaban J connectivity index is 1.66. The van der Waals surface area contributed by atoms with Crippen molar-refractivity contribution >= 4 is 46.6 Å². The van der Waals surface area contributed by atoms with Gasteiger partial charge in [-0.1, -0.05) is 35.9 Å². The van der Waals surface area contributed by atoms with Gasteiger partial charge >= 0.3 is 0 Å². The van der Waals surface area contributed by atoms with Crippen molar-refractivity contribution in [3.05, 3.63) is 83.4 Å². The summed E-state index contributed by atoms with van der Waals surface area (Å²) in [6.45, 7) is 0. The molecule has 0 unspecified atom stereocenters. The molecule has 0 spiro atoms. The van der Waals surface area contributed by atoms with Crippen LogP contribution in [0.1, 0.15) is 10.4 Å². The van der Waals surface area contributed by atoms with Crippen molar-refractivity contribution in [1.82, 2.24) is 0 Å². The van der Waals surface area contributed by atoms with Crippen LogP contribution in [-0.4, -0.2) is 24.7 Å². The average Bonchev–Trinajstić information content (AvgIpc) is 2.74. The van der Waals surface area contributed by atoms with Gasteiger partial charge in [0.2, 0.25) is 5.91 Å². The first kappa shape index (κ1) is 20.8. The molecular formula is C22H19ClN2O3S. The average molecular weight is 427 g/mol. The smallest absolute Gasteiger partial charge is 0.257 e. The molecule has 2 N–H and O–H groups in total. The molecule has 2 amide bonds. The number of hydrogen-bond acceptors (Lipinski definition) is 4. The van der Waals surface area contributed by atoms with Crippen LogP contribution in [0.25, 0.3) is 0 Å². The van der Waals surface area contributed by atoms with Crippen molar-refractivity contribution in [3.8, 4) is 5.75 Å². The lowest BCUT2D eigenvalue weighted by molar-refractivity contribution is -0.113. The second-order valence-corrected chi connectivity index (χ2v) is 7.45. The Bertz CT molecular complexity index is 1010. The maximum Gasteiger partial charge on any atom is 0.257 e. The molecule has 7 heteroatoms. The lowest BCUT2D eigenvalue weighted by Crippen LogP contribution is -2.19. The van der Waals surface area contributed by atoms with Crippen LogP contribution in [0.5, 0.6) is 5.75 Å². The molecule has 148 valence electrons. The van der Waals surface area contributed by atoms with Gasteiger partial charge < -0.3 is 15.4 Å². The fourth-order valence-corrected chi connectivity index (χ4v) is 3.54. The van der Waals surface area contributed by atoms with Gasteiger partial charge in [0.25, 0.3) is 5.91 Å². The van der Waals surface area contributed by atoms with Crippen molar-refractivity contribution in [2.75, 3.05) is 23.5 Å². The summed E-state index contributed by atoms with van der Waals surface area (Å²) in [5.74, 6) is 0.370. The van der Waals surface area contributed by atoms with Gasteiger partial charge in [-0.2, -0.15) is 0 Å². The minimum atomic E-state index is -0.319. The van der Waals surface area contributed by atoms with Crippen LogP contribution in [0.2, 0.25) is 5.02 Å². The van der Waals surface area contributed by atoms with E-state index in [-0.39, 0.29) is 17.6 Å². The molecule has 29 heavy (non-hydrogen) atoms. The quantitative estimate of drug-likeness (QED) is 0.501. The topological polar surface area (TPSA) is 67.4 Å². The number of para-hydroxylation sites is 2. The first-order valence-electron chi connectivity index (χ1n) is 8.78. The molecule has 3 aromatic carbocycles. The Morgan fingerprint density at radius 2 is 1.62 bits per heavy atom. The molecule has 0 atom stereocenters. The van der Waals surface area contributed by atoms with E-state index in [0.29, 0.717) is 27.7 Å². The molecule has 0 fully saturated rings. The van der Waals surface area contributed by atoms with E-state index in [0.717, 1.165) is 4.90 Å². The van der Waals surface area contributed by atoms with E-state index in [4.69, 9.17) is 16.3 Å². The van der Waals surface area contributed by atoms with E-state index in [2.05, 4.69) is 10.6 Å². The third kappa shape index (κ3) is 5.76. The van der Waals surface area contributed by atoms with Crippen LogP contribution in [0.15, 0.2) is 77.7 Å². The number of halogens is 1. The number of anilines is 2. The predicted octanol–water partition coefficient (Wildman–Crippen LogP) is 5.33. The third-order valence-corrected chi connectivity index (χ3v) is 5.28. The Hall–Kier alpha value is -2.96. The van der Waals surface area contributed by atoms with E-state index in [9.17, 15) is 9.59 Å². The summed E-state index contributed by atoms with van der Waals surface area (Å²) < 4.78 is 5.30. The van der Waals surface area contributed by atoms with Gasteiger partial charge in [-0.3, -0.25) is 9.59 Å². The fraction of sp³-hybridized carbons (Fsp3) is 0.0909. The molecule has 0 saturated heterocycles. The zero-order valence-electron chi connectivity index (χ0n) is 15.6. The maximum absolute atomic E-state index is 12.6. The van der Waals surface area contributed by atoms with Gasteiger partial charge in [-0.15, -0.1) is 11.8 Å². The van der Waals surface area contributed by atoms with E-state index in [1.807, 2.05) is 24.3 Å². The lowest BCUT2D eigenvalue weighted by atomic mass is 10.1. The molecule has 0 aromatic heterocycles. The predicted molar refractivity (Wildman–Crippen MR) is 118 cm³/mol. The van der Waals surface area contributed by atoms with Crippen molar-refractivity contribution < 1.29 is 14.3 Å². The van der Waals surface area contributed by atoms with Crippen LogP contribution < -0.4 is 15.4 Å². The van der Waals surface area contributed by atoms with Gasteiger partial charge in [0.05, 0.1) is 24.1 Å². The monoisotopic (exact) mass is 426 g/mol. The van der Waals surface area contributed by atoms with Crippen LogP contribution in [0.3, 0.4) is 0 Å². The maximum atomic E-state index is 12.6. The number of hydrogen-bond donors (Lipinski definition) is 2. The van der Waals surface area contributed by atoms with Crippen molar-refractivity contribution in [2.24, 2.45) is 0 Å². The SMILES string of the molecule is COc1ccccc1SCC(=O)Nc1ccccc1C(=O)Nc1ccc(Cl)cc1. The second-order valence-electron chi connectivity index (χ2n) is 5.99. The molecule has 0 radical (unpaired) electrons. The third-order valence-electron chi connectivity index (χ3n) is 3.98. The number of carbonyl (C=O) groups excluding carboxylic acids is 2. The number of methoxy groups -OCH3 is 1. The van der Waals surface area contributed by atoms with Crippen LogP contribution >= 0.6 is 23.4 Å². The van der Waals surface area contributed by atoms with E-state index in [1.165, 1.54) is 11.8 Å². The van der Waals surface area contributed by atoms with E-state index >= 15 is 0 Å². The minimum absolute atomic E-state index is 0.188. The fourth-order valence-electron chi connectivity index (χ4n) is 2.59. The highest BCUT2D eigenvalue weighted by molar-refractivity contribution is 8.00. The van der Waals surface area contributed by atoms with E-state index in [1.54, 1.807) is 55.6 Å². The number of thioether (sulfide) groups is 1. The van der Waals surface area contributed by atoms with Crippen LogP contribution in [-0.2, 0) is 4.79 Å². The lowest BCUT2D eigenvalue weighted by Gasteiger charge is -2.12. The van der Waals surface area contributed by atoms with Crippen molar-refractivity contribution in [1.29, 1.82) is 0 Å². The van der Waals surface area contributed by atoms with Crippen LogP contribution in [0.4, 0.5) is 11.4 Å². The standard InChI is InChI=1S/C22H19ClN2O3S/c1-28-19-8-4-5-9-20(19)29-14-21(26)25-18-7-3-2-6-17(18)22(27)24-16-12-10-15(23)11-13-16/h2-13H,14H2,1H3,(H,24,27)(H,25,26). The summed E-state index contributed by atoms with van der Waals surface area (Å²) in [5.41, 5.74) is 1.44. The summed E-state index contributed by atoms with van der Waals surface area (Å²) in [5, 5.41) is 6.20. The van der Waals surface area contributed by atoms with Gasteiger partial charge in [-0.25, -0.2) is 0 Å². The minimum Gasteiger partial charge on any atom is -0.496 e. The Kier molecular flexibility index (Phi) is 7.16. The Labute approximate surface area is 178 Å². The number of rotatable bonds is 7. The Morgan fingerprint density at radius 3 is 2.38 bits per heavy atom. The summed E-state index contributed by atoms with van der Waals surface area (Å²) in [4.78, 5) is 26.0. The number of ether oxygens (including phenoxy) is 1. The largest absolute Gasteiger partial charge is 0.496 e. The second kappa shape index (κ2) is 10.0. The highest BCUT2D eigenvalue weighted by Gasteiger charge is 2.14. The zero-order valence-corrected chi connectivity index (χ0v) is 17.2. The molecule has 0 bridgehead atoms. The number of benzene rings is 3. The first-order valence-corrected chi connectivity index (χ1v) is 10.1. The first-order chi connectivity index (χ1) is 14.1. The summed E-state index contributed by atoms with van der Waals surface area (Å²) >= 11 is 7.24. The molecule has 3 rings (SSSR count). The molecule has 3 aromatic rings. The highest BCUT2D eigenvalue weighted by atomic mass is 35.5. The van der Waals surface area contributed by atoms with E-state index < -0.39 is 0 Å². The highest BCUT2D eigenvalue weighted by Crippen LogP contribution is 2.29. The van der Waals surface area contributed by atoms with Crippen molar-refractivity contribution in [3.63, 3.8) is 0 Å². The summed E-state index contributed by atoms with van der Waals surface area (Å²) in [6.07, 6.45) is 0. The number of amides is 2. The molecule has 0 aliphatic rings. The van der Waals surface area contributed by atoms with Gasteiger partial charge in [0, 0.05) is 15.6 Å². The number of nitrogens with one attached hydrogen (secondary N) is 2. The molecule has 0 saturated carbocycles.